The fraction of sp³-hybridized carbons (Fsp3) is 0.0500. The molecule has 3 aromatic rings. The smallest absolute Gasteiger partial charge is 0.289 e. The van der Waals surface area contributed by atoms with E-state index in [4.69, 9.17) is 0 Å². The third kappa shape index (κ3) is 3.28. The fourth-order valence-electron chi connectivity index (χ4n) is 2.44. The van der Waals surface area contributed by atoms with Crippen molar-refractivity contribution in [3.8, 4) is 0 Å². The number of benzene rings is 3. The maximum atomic E-state index is 12.5. The highest BCUT2D eigenvalue weighted by Crippen LogP contribution is 2.20. The van der Waals surface area contributed by atoms with E-state index in [1.54, 1.807) is 24.3 Å². The molecule has 3 rings (SSSR count). The van der Waals surface area contributed by atoms with E-state index in [1.807, 2.05) is 61.5 Å². The Morgan fingerprint density at radius 3 is 1.96 bits per heavy atom. The summed E-state index contributed by atoms with van der Waals surface area (Å²) in [6.07, 6.45) is 0. The molecule has 1 unspecified atom stereocenters. The molecule has 2 nitrogen and oxygen atoms in total. The van der Waals surface area contributed by atoms with E-state index in [0.29, 0.717) is 11.1 Å². The van der Waals surface area contributed by atoms with E-state index in [2.05, 4.69) is 0 Å². The second kappa shape index (κ2) is 6.68. The zero-order valence-corrected chi connectivity index (χ0v) is 13.7. The van der Waals surface area contributed by atoms with Crippen LogP contribution in [0.2, 0.25) is 0 Å². The summed E-state index contributed by atoms with van der Waals surface area (Å²) < 4.78 is 12.5. The molecule has 1 atom stereocenters. The molecule has 23 heavy (non-hydrogen) atoms. The van der Waals surface area contributed by atoms with Crippen molar-refractivity contribution in [2.45, 2.75) is 6.92 Å². The summed E-state index contributed by atoms with van der Waals surface area (Å²) in [4.78, 5) is 12.5. The van der Waals surface area contributed by atoms with Crippen LogP contribution in [0.3, 0.4) is 0 Å². The van der Waals surface area contributed by atoms with Crippen molar-refractivity contribution in [3.63, 3.8) is 0 Å². The van der Waals surface area contributed by atoms with Crippen LogP contribution in [-0.4, -0.2) is 5.78 Å². The SMILES string of the molecule is Cc1ccccc1C(=O)c1ccc([P+](=O)c2ccccc2)cc1. The largest absolute Gasteiger partial charge is 0.415 e. The highest BCUT2D eigenvalue weighted by Gasteiger charge is 2.23. The predicted molar refractivity (Wildman–Crippen MR) is 94.4 cm³/mol. The van der Waals surface area contributed by atoms with Crippen LogP contribution < -0.4 is 10.6 Å². The van der Waals surface area contributed by atoms with Crippen molar-refractivity contribution in [1.29, 1.82) is 0 Å². The van der Waals surface area contributed by atoms with Crippen LogP contribution in [0.15, 0.2) is 78.9 Å². The molecule has 0 saturated carbocycles. The average molecular weight is 319 g/mol. The minimum absolute atomic E-state index is 0.00964. The lowest BCUT2D eigenvalue weighted by Crippen LogP contribution is -2.08. The first-order valence-corrected chi connectivity index (χ1v) is 8.65. The Morgan fingerprint density at radius 1 is 0.739 bits per heavy atom. The van der Waals surface area contributed by atoms with Gasteiger partial charge in [-0.1, -0.05) is 47.0 Å². The van der Waals surface area contributed by atoms with Gasteiger partial charge in [0.1, 0.15) is 0 Å². The Hall–Kier alpha value is -2.57. The van der Waals surface area contributed by atoms with Gasteiger partial charge in [0.05, 0.1) is 0 Å². The summed E-state index contributed by atoms with van der Waals surface area (Å²) in [5.74, 6) is -0.00964. The van der Waals surface area contributed by atoms with Gasteiger partial charge >= 0.3 is 7.80 Å². The van der Waals surface area contributed by atoms with Crippen LogP contribution in [0.1, 0.15) is 21.5 Å². The molecule has 0 aliphatic heterocycles. The number of rotatable bonds is 4. The van der Waals surface area contributed by atoms with Crippen molar-refractivity contribution < 1.29 is 9.36 Å². The molecule has 0 spiro atoms. The first kappa shape index (κ1) is 15.3. The summed E-state index contributed by atoms with van der Waals surface area (Å²) in [5.41, 5.74) is 2.27. The van der Waals surface area contributed by atoms with Crippen LogP contribution in [0.4, 0.5) is 0 Å². The van der Waals surface area contributed by atoms with E-state index in [9.17, 15) is 9.36 Å². The third-order valence-corrected chi connectivity index (χ3v) is 5.28. The number of carbonyl (C=O) groups is 1. The lowest BCUT2D eigenvalue weighted by molar-refractivity contribution is 0.103. The number of ketones is 1. The second-order valence-electron chi connectivity index (χ2n) is 5.32. The minimum Gasteiger partial charge on any atom is -0.289 e. The van der Waals surface area contributed by atoms with E-state index in [-0.39, 0.29) is 5.78 Å². The van der Waals surface area contributed by atoms with Crippen LogP contribution in [-0.2, 0) is 4.57 Å². The predicted octanol–water partition coefficient (Wildman–Crippen LogP) is 4.00. The van der Waals surface area contributed by atoms with E-state index in [0.717, 1.165) is 16.2 Å². The average Bonchev–Trinajstić information content (AvgIpc) is 2.62. The molecule has 0 amide bonds. The Bertz CT molecular complexity index is 852. The lowest BCUT2D eigenvalue weighted by atomic mass is 9.99. The van der Waals surface area contributed by atoms with Crippen molar-refractivity contribution >= 4 is 24.2 Å². The first-order chi connectivity index (χ1) is 11.2. The van der Waals surface area contributed by atoms with Gasteiger partial charge in [0.2, 0.25) is 0 Å². The van der Waals surface area contributed by atoms with E-state index >= 15 is 0 Å². The van der Waals surface area contributed by atoms with Crippen LogP contribution in [0, 0.1) is 6.92 Å². The summed E-state index contributed by atoms with van der Waals surface area (Å²) in [7, 11) is -1.62. The summed E-state index contributed by atoms with van der Waals surface area (Å²) in [6, 6.07) is 23.9. The van der Waals surface area contributed by atoms with Gasteiger partial charge in [0, 0.05) is 11.1 Å². The van der Waals surface area contributed by atoms with Gasteiger partial charge in [-0.2, -0.15) is 0 Å². The van der Waals surface area contributed by atoms with Crippen LogP contribution in [0.25, 0.3) is 0 Å². The first-order valence-electron chi connectivity index (χ1n) is 7.39. The number of hydrogen-bond donors (Lipinski definition) is 0. The summed E-state index contributed by atoms with van der Waals surface area (Å²) in [6.45, 7) is 1.92. The molecule has 0 radical (unpaired) electrons. The van der Waals surface area contributed by atoms with Crippen LogP contribution >= 0.6 is 7.80 Å². The number of aryl methyl sites for hydroxylation is 1. The molecule has 0 aliphatic carbocycles. The number of carbonyl (C=O) groups excluding carboxylic acids is 1. The Morgan fingerprint density at radius 2 is 1.30 bits per heavy atom. The van der Waals surface area contributed by atoms with E-state index < -0.39 is 7.80 Å². The second-order valence-corrected chi connectivity index (χ2v) is 6.94. The summed E-state index contributed by atoms with van der Waals surface area (Å²) in [5, 5.41) is 1.52. The van der Waals surface area contributed by atoms with Gasteiger partial charge in [0.25, 0.3) is 0 Å². The van der Waals surface area contributed by atoms with Crippen molar-refractivity contribution in [3.05, 3.63) is 95.6 Å². The van der Waals surface area contributed by atoms with Crippen molar-refractivity contribution in [1.82, 2.24) is 0 Å². The molecular weight excluding hydrogens is 303 g/mol. The monoisotopic (exact) mass is 319 g/mol. The number of hydrogen-bond acceptors (Lipinski definition) is 2. The maximum absolute atomic E-state index is 12.5. The van der Waals surface area contributed by atoms with Gasteiger partial charge in [-0.3, -0.25) is 4.79 Å². The van der Waals surface area contributed by atoms with Gasteiger partial charge in [-0.05, 0) is 48.9 Å². The normalized spacial score (nSPS) is 11.1. The van der Waals surface area contributed by atoms with Crippen molar-refractivity contribution in [2.75, 3.05) is 0 Å². The zero-order chi connectivity index (χ0) is 16.2. The molecular formula is C20H16O2P+. The maximum Gasteiger partial charge on any atom is 0.415 e. The topological polar surface area (TPSA) is 34.1 Å². The standard InChI is InChI=1S/C20H16O2P/c1-15-7-5-6-10-19(15)20(21)16-11-13-18(14-12-16)23(22)17-8-3-2-4-9-17/h2-14H,1H3/q+1. The molecule has 0 aromatic heterocycles. The highest BCUT2D eigenvalue weighted by atomic mass is 31.1. The molecule has 0 heterocycles. The van der Waals surface area contributed by atoms with Gasteiger partial charge in [-0.25, -0.2) is 0 Å². The fourth-order valence-corrected chi connectivity index (χ4v) is 3.60. The Kier molecular flexibility index (Phi) is 4.45. The summed E-state index contributed by atoms with van der Waals surface area (Å²) >= 11 is 0. The Labute approximate surface area is 136 Å². The molecule has 3 aromatic carbocycles. The quantitative estimate of drug-likeness (QED) is 0.538. The highest BCUT2D eigenvalue weighted by molar-refractivity contribution is 7.61. The zero-order valence-electron chi connectivity index (χ0n) is 12.8. The third-order valence-electron chi connectivity index (χ3n) is 3.74. The van der Waals surface area contributed by atoms with Gasteiger partial charge < -0.3 is 0 Å². The molecule has 3 heteroatoms. The van der Waals surface area contributed by atoms with Crippen molar-refractivity contribution in [2.24, 2.45) is 0 Å². The van der Waals surface area contributed by atoms with Gasteiger partial charge in [-0.15, -0.1) is 0 Å². The Balaban J connectivity index is 1.87. The van der Waals surface area contributed by atoms with E-state index in [1.165, 1.54) is 0 Å². The van der Waals surface area contributed by atoms with Gasteiger partial charge in [0.15, 0.2) is 16.4 Å². The minimum atomic E-state index is -1.62. The molecule has 0 aliphatic rings. The van der Waals surface area contributed by atoms with Crippen LogP contribution in [0.5, 0.6) is 0 Å². The molecule has 0 fully saturated rings. The molecule has 112 valence electrons. The lowest BCUT2D eigenvalue weighted by Gasteiger charge is -2.04. The molecule has 0 saturated heterocycles. The molecule has 0 bridgehead atoms. The molecule has 0 N–H and O–H groups in total.